The molecule has 2 amide bonds. The van der Waals surface area contributed by atoms with Gasteiger partial charge in [0.15, 0.2) is 5.76 Å². The van der Waals surface area contributed by atoms with E-state index in [0.29, 0.717) is 11.3 Å². The van der Waals surface area contributed by atoms with Gasteiger partial charge in [-0.2, -0.15) is 0 Å². The second-order valence-corrected chi connectivity index (χ2v) is 9.42. The maximum absolute atomic E-state index is 13.7. The number of hydrogen-bond donors (Lipinski definition) is 1. The minimum Gasteiger partial charge on any atom is -0.459 e. The van der Waals surface area contributed by atoms with E-state index in [1.165, 1.54) is 11.2 Å². The van der Waals surface area contributed by atoms with Crippen LogP contribution in [0.4, 0.5) is 5.69 Å². The lowest BCUT2D eigenvalue weighted by atomic mass is 10.0. The summed E-state index contributed by atoms with van der Waals surface area (Å²) in [6, 6.07) is 23.3. The van der Waals surface area contributed by atoms with Crippen LogP contribution in [-0.4, -0.2) is 22.3 Å². The molecule has 0 aliphatic rings. The molecule has 182 valence electrons. The van der Waals surface area contributed by atoms with Crippen LogP contribution in [-0.2, 0) is 4.79 Å². The van der Waals surface area contributed by atoms with Crippen molar-refractivity contribution in [3.63, 3.8) is 0 Å². The Morgan fingerprint density at radius 2 is 1.58 bits per heavy atom. The Balaban J connectivity index is 1.75. The monoisotopic (exact) mass is 479 g/mol. The summed E-state index contributed by atoms with van der Waals surface area (Å²) in [6.45, 7) is 5.70. The molecule has 1 N–H and O–H groups in total. The van der Waals surface area contributed by atoms with Gasteiger partial charge < -0.3 is 9.73 Å². The van der Waals surface area contributed by atoms with Crippen molar-refractivity contribution in [2.24, 2.45) is 0 Å². The molecule has 2 aromatic heterocycles. The van der Waals surface area contributed by atoms with Gasteiger partial charge >= 0.3 is 0 Å². The lowest BCUT2D eigenvalue weighted by molar-refractivity contribution is -0.123. The largest absolute Gasteiger partial charge is 0.459 e. The third-order valence-electron chi connectivity index (χ3n) is 5.39. The Morgan fingerprint density at radius 3 is 2.17 bits per heavy atom. The van der Waals surface area contributed by atoms with Gasteiger partial charge in [-0.3, -0.25) is 19.5 Å². The summed E-state index contributed by atoms with van der Waals surface area (Å²) in [7, 11) is 0. The highest BCUT2D eigenvalue weighted by molar-refractivity contribution is 6.08. The van der Waals surface area contributed by atoms with Crippen LogP contribution in [0.5, 0.6) is 0 Å². The molecule has 0 saturated heterocycles. The van der Waals surface area contributed by atoms with Gasteiger partial charge in [-0.05, 0) is 62.2 Å². The van der Waals surface area contributed by atoms with Crippen LogP contribution < -0.4 is 10.2 Å². The van der Waals surface area contributed by atoms with Crippen LogP contribution >= 0.6 is 0 Å². The van der Waals surface area contributed by atoms with E-state index in [1.54, 1.807) is 36.7 Å². The fourth-order valence-electron chi connectivity index (χ4n) is 3.80. The van der Waals surface area contributed by atoms with Crippen molar-refractivity contribution in [1.82, 2.24) is 10.3 Å². The third kappa shape index (κ3) is 6.16. The number of nitrogens with zero attached hydrogens (tertiary/aromatic N) is 2. The van der Waals surface area contributed by atoms with Crippen LogP contribution in [0, 0.1) is 0 Å². The fraction of sp³-hybridized carbons (Fsp3) is 0.167. The van der Waals surface area contributed by atoms with E-state index >= 15 is 0 Å². The van der Waals surface area contributed by atoms with Crippen molar-refractivity contribution in [3.05, 3.63) is 120 Å². The number of carbonyl (C=O) groups is 2. The maximum Gasteiger partial charge on any atom is 0.294 e. The number of pyridine rings is 1. The highest BCUT2D eigenvalue weighted by atomic mass is 16.3. The van der Waals surface area contributed by atoms with Gasteiger partial charge in [0.1, 0.15) is 6.04 Å². The van der Waals surface area contributed by atoms with Gasteiger partial charge in [-0.1, -0.05) is 60.7 Å². The zero-order chi connectivity index (χ0) is 25.5. The molecule has 36 heavy (non-hydrogen) atoms. The van der Waals surface area contributed by atoms with Gasteiger partial charge in [0.2, 0.25) is 5.91 Å². The molecule has 0 bridgehead atoms. The van der Waals surface area contributed by atoms with Gasteiger partial charge in [0.25, 0.3) is 5.91 Å². The number of anilines is 1. The zero-order valence-corrected chi connectivity index (χ0v) is 20.6. The Hall–Kier alpha value is -4.45. The predicted molar refractivity (Wildman–Crippen MR) is 142 cm³/mol. The van der Waals surface area contributed by atoms with E-state index in [-0.39, 0.29) is 11.7 Å². The third-order valence-corrected chi connectivity index (χ3v) is 5.39. The lowest BCUT2D eigenvalue weighted by Crippen LogP contribution is -2.49. The van der Waals surface area contributed by atoms with Crippen molar-refractivity contribution < 1.29 is 14.0 Å². The minimum absolute atomic E-state index is 0.139. The summed E-state index contributed by atoms with van der Waals surface area (Å²) in [5, 5.41) is 3.02. The number of furan rings is 1. The Kier molecular flexibility index (Phi) is 7.44. The van der Waals surface area contributed by atoms with Crippen molar-refractivity contribution in [1.29, 1.82) is 0 Å². The molecule has 0 radical (unpaired) electrons. The van der Waals surface area contributed by atoms with Crippen molar-refractivity contribution in [2.45, 2.75) is 32.4 Å². The minimum atomic E-state index is -0.957. The van der Waals surface area contributed by atoms with Gasteiger partial charge in [-0.25, -0.2) is 0 Å². The molecule has 6 nitrogen and oxygen atoms in total. The second-order valence-electron chi connectivity index (χ2n) is 9.42. The van der Waals surface area contributed by atoms with Crippen LogP contribution in [0.2, 0.25) is 0 Å². The molecular weight excluding hydrogens is 450 g/mol. The number of nitrogens with one attached hydrogen (secondary N) is 1. The maximum atomic E-state index is 13.7. The van der Waals surface area contributed by atoms with E-state index in [9.17, 15) is 9.59 Å². The lowest BCUT2D eigenvalue weighted by Gasteiger charge is -2.33. The average molecular weight is 480 g/mol. The summed E-state index contributed by atoms with van der Waals surface area (Å²) in [5.41, 5.74) is 2.71. The van der Waals surface area contributed by atoms with E-state index in [0.717, 1.165) is 11.1 Å². The van der Waals surface area contributed by atoms with Gasteiger partial charge in [0, 0.05) is 29.2 Å². The first-order valence-corrected chi connectivity index (χ1v) is 11.7. The molecule has 6 heteroatoms. The second kappa shape index (κ2) is 10.9. The average Bonchev–Trinajstić information content (AvgIpc) is 3.41. The summed E-state index contributed by atoms with van der Waals surface area (Å²) >= 11 is 0. The molecule has 0 fully saturated rings. The number of hydrogen-bond acceptors (Lipinski definition) is 4. The Morgan fingerprint density at radius 1 is 0.889 bits per heavy atom. The van der Waals surface area contributed by atoms with Gasteiger partial charge in [-0.15, -0.1) is 0 Å². The van der Waals surface area contributed by atoms with Crippen LogP contribution in [0.1, 0.15) is 54.1 Å². The van der Waals surface area contributed by atoms with E-state index in [4.69, 9.17) is 4.42 Å². The highest BCUT2D eigenvalue weighted by Crippen LogP contribution is 2.30. The number of carbonyl (C=O) groups excluding carboxylic acids is 2. The molecule has 4 rings (SSSR count). The molecule has 2 heterocycles. The molecule has 2 aromatic carbocycles. The standard InChI is InChI=1S/C30H29N3O3/c1-30(2,3)32-28(34)27(24-11-7-19-31-21-24)33(29(35)26-12-8-20-36-26)25-17-15-23(16-18-25)14-13-22-9-5-4-6-10-22/h4-21,27H,1-3H3,(H,32,34)/b14-13+. The molecule has 1 atom stereocenters. The van der Waals surface area contributed by atoms with Crippen molar-refractivity contribution in [3.8, 4) is 0 Å². The number of benzene rings is 2. The first-order valence-electron chi connectivity index (χ1n) is 11.7. The first-order chi connectivity index (χ1) is 17.3. The summed E-state index contributed by atoms with van der Waals surface area (Å²) < 4.78 is 5.43. The molecule has 0 saturated carbocycles. The van der Waals surface area contributed by atoms with Crippen LogP contribution in [0.15, 0.2) is 102 Å². The van der Waals surface area contributed by atoms with E-state index in [1.807, 2.05) is 87.5 Å². The highest BCUT2D eigenvalue weighted by Gasteiger charge is 2.36. The molecule has 4 aromatic rings. The van der Waals surface area contributed by atoms with E-state index in [2.05, 4.69) is 10.3 Å². The summed E-state index contributed by atoms with van der Waals surface area (Å²) in [4.78, 5) is 33.0. The van der Waals surface area contributed by atoms with E-state index < -0.39 is 17.5 Å². The smallest absolute Gasteiger partial charge is 0.294 e. The number of rotatable bonds is 7. The molecule has 0 spiro atoms. The van der Waals surface area contributed by atoms with Gasteiger partial charge in [0.05, 0.1) is 6.26 Å². The molecular formula is C30H29N3O3. The number of amides is 2. The molecule has 0 aliphatic carbocycles. The van der Waals surface area contributed by atoms with Crippen LogP contribution in [0.3, 0.4) is 0 Å². The quantitative estimate of drug-likeness (QED) is 0.323. The molecule has 1 unspecified atom stereocenters. The predicted octanol–water partition coefficient (Wildman–Crippen LogP) is 6.15. The topological polar surface area (TPSA) is 75.4 Å². The Labute approximate surface area is 211 Å². The summed E-state index contributed by atoms with van der Waals surface area (Å²) in [5.74, 6) is -0.602. The fourth-order valence-corrected chi connectivity index (χ4v) is 3.80. The Bertz CT molecular complexity index is 1310. The normalized spacial score (nSPS) is 12.3. The van der Waals surface area contributed by atoms with Crippen molar-refractivity contribution >= 4 is 29.7 Å². The number of aromatic nitrogens is 1. The zero-order valence-electron chi connectivity index (χ0n) is 20.6. The summed E-state index contributed by atoms with van der Waals surface area (Å²) in [6.07, 6.45) is 8.71. The molecule has 0 aliphatic heterocycles. The SMILES string of the molecule is CC(C)(C)NC(=O)C(c1cccnc1)N(C(=O)c1ccco1)c1ccc(/C=C/c2ccccc2)cc1. The van der Waals surface area contributed by atoms with Crippen molar-refractivity contribution in [2.75, 3.05) is 4.90 Å². The first kappa shape index (κ1) is 24.7. The van der Waals surface area contributed by atoms with Crippen LogP contribution in [0.25, 0.3) is 12.2 Å².